The van der Waals surface area contributed by atoms with Crippen molar-refractivity contribution in [1.29, 1.82) is 0 Å². The number of fused-ring (bicyclic) bond motifs is 1. The molecule has 1 aliphatic rings. The fourth-order valence-corrected chi connectivity index (χ4v) is 3.41. The standard InChI is InChI=1S/C20H28N4/c1-5-6-12-21-20-22-15(3)14(2)19(23-20)24-13-11-17-9-7-8-10-18(17)16(24)4/h7-10,16H,5-6,11-13H2,1-4H3,(H,21,22,23). The van der Waals surface area contributed by atoms with E-state index in [1.54, 1.807) is 0 Å². The van der Waals surface area contributed by atoms with Gasteiger partial charge < -0.3 is 10.2 Å². The SMILES string of the molecule is CCCCNc1nc(C)c(C)c(N2CCc3ccccc3C2C)n1. The van der Waals surface area contributed by atoms with Crippen LogP contribution in [0.4, 0.5) is 11.8 Å². The minimum Gasteiger partial charge on any atom is -0.354 e. The van der Waals surface area contributed by atoms with Gasteiger partial charge in [0.2, 0.25) is 5.95 Å². The van der Waals surface area contributed by atoms with E-state index in [0.29, 0.717) is 6.04 Å². The summed E-state index contributed by atoms with van der Waals surface area (Å²) < 4.78 is 0. The molecule has 0 aliphatic carbocycles. The van der Waals surface area contributed by atoms with E-state index < -0.39 is 0 Å². The average molecular weight is 324 g/mol. The number of unbranched alkanes of at least 4 members (excludes halogenated alkanes) is 1. The maximum Gasteiger partial charge on any atom is 0.224 e. The highest BCUT2D eigenvalue weighted by molar-refractivity contribution is 5.55. The normalized spacial score (nSPS) is 16.8. The summed E-state index contributed by atoms with van der Waals surface area (Å²) in [5.41, 5.74) is 5.12. The van der Waals surface area contributed by atoms with Crippen molar-refractivity contribution in [1.82, 2.24) is 9.97 Å². The van der Waals surface area contributed by atoms with Gasteiger partial charge in [-0.05, 0) is 44.7 Å². The molecule has 1 aromatic carbocycles. The first-order valence-corrected chi connectivity index (χ1v) is 9.05. The Bertz CT molecular complexity index is 711. The number of hydrogen-bond donors (Lipinski definition) is 1. The minimum absolute atomic E-state index is 0.339. The fraction of sp³-hybridized carbons (Fsp3) is 0.500. The van der Waals surface area contributed by atoms with Crippen LogP contribution in [0.2, 0.25) is 0 Å². The van der Waals surface area contributed by atoms with Crippen molar-refractivity contribution in [2.75, 3.05) is 23.3 Å². The second kappa shape index (κ2) is 7.20. The lowest BCUT2D eigenvalue weighted by molar-refractivity contribution is 0.614. The van der Waals surface area contributed by atoms with Crippen molar-refractivity contribution >= 4 is 11.8 Å². The van der Waals surface area contributed by atoms with Crippen LogP contribution in [0.3, 0.4) is 0 Å². The largest absolute Gasteiger partial charge is 0.354 e. The van der Waals surface area contributed by atoms with E-state index in [1.165, 1.54) is 23.1 Å². The maximum absolute atomic E-state index is 4.86. The van der Waals surface area contributed by atoms with Gasteiger partial charge in [-0.15, -0.1) is 0 Å². The zero-order chi connectivity index (χ0) is 17.1. The maximum atomic E-state index is 4.86. The Balaban J connectivity index is 1.91. The van der Waals surface area contributed by atoms with Crippen LogP contribution < -0.4 is 10.2 Å². The molecule has 1 aromatic heterocycles. The molecule has 0 saturated heterocycles. The first-order chi connectivity index (χ1) is 11.6. The van der Waals surface area contributed by atoms with Crippen LogP contribution >= 0.6 is 0 Å². The van der Waals surface area contributed by atoms with Crippen LogP contribution in [0.5, 0.6) is 0 Å². The topological polar surface area (TPSA) is 41.1 Å². The van der Waals surface area contributed by atoms with Gasteiger partial charge in [-0.2, -0.15) is 4.98 Å². The van der Waals surface area contributed by atoms with Crippen LogP contribution in [-0.4, -0.2) is 23.1 Å². The third-order valence-corrected chi connectivity index (χ3v) is 5.04. The van der Waals surface area contributed by atoms with Crippen LogP contribution in [0.25, 0.3) is 0 Å². The van der Waals surface area contributed by atoms with Gasteiger partial charge >= 0.3 is 0 Å². The smallest absolute Gasteiger partial charge is 0.224 e. The van der Waals surface area contributed by atoms with Gasteiger partial charge in [-0.3, -0.25) is 0 Å². The molecule has 4 heteroatoms. The van der Waals surface area contributed by atoms with E-state index in [0.717, 1.165) is 43.4 Å². The second-order valence-electron chi connectivity index (χ2n) is 6.68. The van der Waals surface area contributed by atoms with Gasteiger partial charge in [0.05, 0.1) is 6.04 Å². The van der Waals surface area contributed by atoms with Gasteiger partial charge in [-0.1, -0.05) is 37.6 Å². The van der Waals surface area contributed by atoms with Crippen molar-refractivity contribution in [3.05, 3.63) is 46.6 Å². The zero-order valence-electron chi connectivity index (χ0n) is 15.3. The molecule has 128 valence electrons. The molecule has 0 saturated carbocycles. The summed E-state index contributed by atoms with van der Waals surface area (Å²) in [5.74, 6) is 1.83. The van der Waals surface area contributed by atoms with Crippen molar-refractivity contribution in [3.63, 3.8) is 0 Å². The lowest BCUT2D eigenvalue weighted by Gasteiger charge is -2.37. The van der Waals surface area contributed by atoms with Crippen LogP contribution in [0.15, 0.2) is 24.3 Å². The number of anilines is 2. The molecular formula is C20H28N4. The lowest BCUT2D eigenvalue weighted by Crippen LogP contribution is -2.35. The Morgan fingerprint density at radius 3 is 2.79 bits per heavy atom. The quantitative estimate of drug-likeness (QED) is 0.826. The number of hydrogen-bond acceptors (Lipinski definition) is 4. The van der Waals surface area contributed by atoms with Crippen molar-refractivity contribution in [3.8, 4) is 0 Å². The highest BCUT2D eigenvalue weighted by Gasteiger charge is 2.26. The fourth-order valence-electron chi connectivity index (χ4n) is 3.41. The number of benzene rings is 1. The van der Waals surface area contributed by atoms with Gasteiger partial charge in [0.15, 0.2) is 0 Å². The molecule has 4 nitrogen and oxygen atoms in total. The molecule has 0 spiro atoms. The predicted octanol–water partition coefficient (Wildman–Crippen LogP) is 4.43. The summed E-state index contributed by atoms with van der Waals surface area (Å²) in [5, 5.41) is 3.38. The zero-order valence-corrected chi connectivity index (χ0v) is 15.3. The van der Waals surface area contributed by atoms with Crippen molar-refractivity contribution in [2.45, 2.75) is 53.0 Å². The highest BCUT2D eigenvalue weighted by Crippen LogP contribution is 2.34. The van der Waals surface area contributed by atoms with E-state index in [1.807, 2.05) is 0 Å². The van der Waals surface area contributed by atoms with E-state index in [2.05, 4.69) is 67.2 Å². The summed E-state index contributed by atoms with van der Waals surface area (Å²) in [6.45, 7) is 10.6. The summed E-state index contributed by atoms with van der Waals surface area (Å²) in [6, 6.07) is 9.10. The number of rotatable bonds is 5. The Labute approximate surface area is 145 Å². The molecule has 0 amide bonds. The van der Waals surface area contributed by atoms with E-state index in [-0.39, 0.29) is 0 Å². The Hall–Kier alpha value is -2.10. The van der Waals surface area contributed by atoms with Crippen molar-refractivity contribution in [2.24, 2.45) is 0 Å². The summed E-state index contributed by atoms with van der Waals surface area (Å²) in [4.78, 5) is 11.9. The molecular weight excluding hydrogens is 296 g/mol. The number of nitrogens with zero attached hydrogens (tertiary/aromatic N) is 3. The molecule has 2 heterocycles. The second-order valence-corrected chi connectivity index (χ2v) is 6.68. The summed E-state index contributed by atoms with van der Waals surface area (Å²) in [6.07, 6.45) is 3.38. The van der Waals surface area contributed by atoms with Gasteiger partial charge in [0.1, 0.15) is 5.82 Å². The summed E-state index contributed by atoms with van der Waals surface area (Å²) in [7, 11) is 0. The monoisotopic (exact) mass is 324 g/mol. The van der Waals surface area contributed by atoms with Crippen molar-refractivity contribution < 1.29 is 0 Å². The molecule has 1 aliphatic heterocycles. The van der Waals surface area contributed by atoms with E-state index >= 15 is 0 Å². The molecule has 1 atom stereocenters. The first kappa shape index (κ1) is 16.7. The predicted molar refractivity (Wildman–Crippen MR) is 101 cm³/mol. The number of nitrogens with one attached hydrogen (secondary N) is 1. The van der Waals surface area contributed by atoms with Gasteiger partial charge in [0, 0.05) is 24.3 Å². The Morgan fingerprint density at radius 2 is 2.00 bits per heavy atom. The molecule has 3 rings (SSSR count). The number of aryl methyl sites for hydroxylation is 1. The molecule has 0 bridgehead atoms. The van der Waals surface area contributed by atoms with Gasteiger partial charge in [0.25, 0.3) is 0 Å². The minimum atomic E-state index is 0.339. The Morgan fingerprint density at radius 1 is 1.21 bits per heavy atom. The van der Waals surface area contributed by atoms with E-state index in [9.17, 15) is 0 Å². The van der Waals surface area contributed by atoms with Crippen LogP contribution in [-0.2, 0) is 6.42 Å². The highest BCUT2D eigenvalue weighted by atomic mass is 15.3. The molecule has 1 N–H and O–H groups in total. The molecule has 2 aromatic rings. The average Bonchev–Trinajstić information content (AvgIpc) is 2.59. The molecule has 0 radical (unpaired) electrons. The van der Waals surface area contributed by atoms with E-state index in [4.69, 9.17) is 4.98 Å². The summed E-state index contributed by atoms with van der Waals surface area (Å²) >= 11 is 0. The molecule has 24 heavy (non-hydrogen) atoms. The molecule has 1 unspecified atom stereocenters. The first-order valence-electron chi connectivity index (χ1n) is 9.05. The van der Waals surface area contributed by atoms with Gasteiger partial charge in [-0.25, -0.2) is 4.98 Å². The molecule has 0 fully saturated rings. The lowest BCUT2D eigenvalue weighted by atomic mass is 9.93. The third-order valence-electron chi connectivity index (χ3n) is 5.04. The Kier molecular flexibility index (Phi) is 5.03. The number of aromatic nitrogens is 2. The van der Waals surface area contributed by atoms with Crippen LogP contribution in [0.1, 0.15) is 55.1 Å². The third kappa shape index (κ3) is 3.23. The van der Waals surface area contributed by atoms with Crippen LogP contribution in [0, 0.1) is 13.8 Å².